The molecule has 2 unspecified atom stereocenters. The molecule has 0 spiro atoms. The Balaban J connectivity index is 2.20. The summed E-state index contributed by atoms with van der Waals surface area (Å²) in [4.78, 5) is 13.8. The molecule has 0 radical (unpaired) electrons. The molecule has 1 heterocycles. The van der Waals surface area contributed by atoms with Crippen LogP contribution in [0.5, 0.6) is 0 Å². The number of nitrogens with zero attached hydrogens (tertiary/aromatic N) is 1. The maximum Gasteiger partial charge on any atom is 0.251 e. The number of likely N-dealkylation sites (N-methyl/N-ethyl adjacent to an activating group) is 1. The average Bonchev–Trinajstić information content (AvgIpc) is 2.42. The van der Waals surface area contributed by atoms with E-state index in [0.29, 0.717) is 13.0 Å². The number of rotatable bonds is 4. The number of amides is 1. The second-order valence-corrected chi connectivity index (χ2v) is 5.39. The van der Waals surface area contributed by atoms with Gasteiger partial charge in [-0.25, -0.2) is 0 Å². The number of piperidine rings is 1. The predicted octanol–water partition coefficient (Wildman–Crippen LogP) is 1.80. The van der Waals surface area contributed by atoms with E-state index in [2.05, 4.69) is 19.1 Å². The molecule has 1 saturated heterocycles. The standard InChI is InChI=1S/C15H21NO3/c1-15(12-7-5-4-6-8-12)9-13(19-11-18-3)14(17)16(2)10-15/h4-8,13H,9-11H2,1-3H3. The van der Waals surface area contributed by atoms with Crippen molar-refractivity contribution in [3.63, 3.8) is 0 Å². The van der Waals surface area contributed by atoms with Gasteiger partial charge < -0.3 is 14.4 Å². The van der Waals surface area contributed by atoms with Gasteiger partial charge in [0.1, 0.15) is 12.9 Å². The molecule has 1 amide bonds. The molecule has 4 nitrogen and oxygen atoms in total. The number of hydrogen-bond acceptors (Lipinski definition) is 3. The maximum absolute atomic E-state index is 12.1. The molecule has 4 heteroatoms. The first-order chi connectivity index (χ1) is 9.07. The number of carbonyl (C=O) groups excluding carboxylic acids is 1. The minimum absolute atomic E-state index is 0.0328. The van der Waals surface area contributed by atoms with E-state index in [0.717, 1.165) is 0 Å². The number of benzene rings is 1. The minimum Gasteiger partial charge on any atom is -0.359 e. The van der Waals surface area contributed by atoms with E-state index < -0.39 is 6.10 Å². The van der Waals surface area contributed by atoms with Crippen LogP contribution in [-0.4, -0.2) is 44.4 Å². The molecule has 19 heavy (non-hydrogen) atoms. The van der Waals surface area contributed by atoms with Crippen molar-refractivity contribution >= 4 is 5.91 Å². The lowest BCUT2D eigenvalue weighted by Gasteiger charge is -2.42. The number of carbonyl (C=O) groups is 1. The second-order valence-electron chi connectivity index (χ2n) is 5.39. The molecule has 1 aromatic rings. The highest BCUT2D eigenvalue weighted by Gasteiger charge is 2.41. The smallest absolute Gasteiger partial charge is 0.251 e. The van der Waals surface area contributed by atoms with Crippen molar-refractivity contribution in [2.75, 3.05) is 27.5 Å². The molecule has 2 rings (SSSR count). The summed E-state index contributed by atoms with van der Waals surface area (Å²) in [5.41, 5.74) is 1.16. The van der Waals surface area contributed by atoms with E-state index in [9.17, 15) is 4.79 Å². The van der Waals surface area contributed by atoms with E-state index in [1.54, 1.807) is 12.0 Å². The van der Waals surface area contributed by atoms with Crippen molar-refractivity contribution in [2.45, 2.75) is 24.9 Å². The first kappa shape index (κ1) is 14.0. The molecule has 0 aromatic heterocycles. The van der Waals surface area contributed by atoms with Crippen LogP contribution in [0.2, 0.25) is 0 Å². The highest BCUT2D eigenvalue weighted by atomic mass is 16.7. The summed E-state index contributed by atoms with van der Waals surface area (Å²) in [5.74, 6) is 0.0328. The molecule has 0 bridgehead atoms. The van der Waals surface area contributed by atoms with Crippen LogP contribution in [0.25, 0.3) is 0 Å². The fraction of sp³-hybridized carbons (Fsp3) is 0.533. The maximum atomic E-state index is 12.1. The quantitative estimate of drug-likeness (QED) is 0.777. The van der Waals surface area contributed by atoms with Gasteiger partial charge in [-0.3, -0.25) is 4.79 Å². The van der Waals surface area contributed by atoms with Gasteiger partial charge in [0.15, 0.2) is 0 Å². The van der Waals surface area contributed by atoms with E-state index in [1.165, 1.54) is 5.56 Å². The topological polar surface area (TPSA) is 38.8 Å². The summed E-state index contributed by atoms with van der Waals surface area (Å²) in [6, 6.07) is 10.3. The zero-order chi connectivity index (χ0) is 13.9. The molecule has 0 N–H and O–H groups in total. The lowest BCUT2D eigenvalue weighted by atomic mass is 9.75. The van der Waals surface area contributed by atoms with E-state index in [-0.39, 0.29) is 18.1 Å². The lowest BCUT2D eigenvalue weighted by Crippen LogP contribution is -2.53. The van der Waals surface area contributed by atoms with E-state index in [4.69, 9.17) is 9.47 Å². The largest absolute Gasteiger partial charge is 0.359 e. The van der Waals surface area contributed by atoms with Crippen LogP contribution in [0.3, 0.4) is 0 Å². The first-order valence-electron chi connectivity index (χ1n) is 6.48. The Morgan fingerprint density at radius 1 is 1.37 bits per heavy atom. The Labute approximate surface area is 114 Å². The fourth-order valence-corrected chi connectivity index (χ4v) is 2.74. The summed E-state index contributed by atoms with van der Waals surface area (Å²) >= 11 is 0. The summed E-state index contributed by atoms with van der Waals surface area (Å²) in [7, 11) is 3.39. The molecule has 104 valence electrons. The van der Waals surface area contributed by atoms with Crippen molar-refractivity contribution < 1.29 is 14.3 Å². The van der Waals surface area contributed by atoms with Crippen LogP contribution in [-0.2, 0) is 19.7 Å². The van der Waals surface area contributed by atoms with Gasteiger partial charge in [-0.1, -0.05) is 37.3 Å². The van der Waals surface area contributed by atoms with Crippen molar-refractivity contribution in [3.05, 3.63) is 35.9 Å². The SMILES string of the molecule is COCOC1CC(C)(c2ccccc2)CN(C)C1=O. The molecule has 1 aromatic carbocycles. The van der Waals surface area contributed by atoms with Gasteiger partial charge in [-0.05, 0) is 12.0 Å². The van der Waals surface area contributed by atoms with E-state index >= 15 is 0 Å². The third-order valence-electron chi connectivity index (χ3n) is 3.73. The van der Waals surface area contributed by atoms with Crippen molar-refractivity contribution in [1.82, 2.24) is 4.90 Å². The van der Waals surface area contributed by atoms with Crippen molar-refractivity contribution in [1.29, 1.82) is 0 Å². The summed E-state index contributed by atoms with van der Waals surface area (Å²) < 4.78 is 10.4. The van der Waals surface area contributed by atoms with Crippen LogP contribution in [0.15, 0.2) is 30.3 Å². The van der Waals surface area contributed by atoms with Crippen molar-refractivity contribution in [2.24, 2.45) is 0 Å². The third kappa shape index (κ3) is 2.96. The van der Waals surface area contributed by atoms with Crippen LogP contribution in [0, 0.1) is 0 Å². The normalized spacial score (nSPS) is 27.6. The molecule has 0 saturated carbocycles. The van der Waals surface area contributed by atoms with Gasteiger partial charge in [0.05, 0.1) is 0 Å². The summed E-state index contributed by atoms with van der Waals surface area (Å²) in [6.07, 6.45) is 0.257. The Hall–Kier alpha value is -1.39. The van der Waals surface area contributed by atoms with Crippen LogP contribution >= 0.6 is 0 Å². The van der Waals surface area contributed by atoms with Crippen molar-refractivity contribution in [3.8, 4) is 0 Å². The average molecular weight is 263 g/mol. The molecule has 1 aliphatic heterocycles. The van der Waals surface area contributed by atoms with Crippen LogP contribution in [0.1, 0.15) is 18.9 Å². The molecular formula is C15H21NO3. The van der Waals surface area contributed by atoms with Gasteiger partial charge in [-0.2, -0.15) is 0 Å². The van der Waals surface area contributed by atoms with Gasteiger partial charge in [0, 0.05) is 26.1 Å². The Kier molecular flexibility index (Phi) is 4.22. The predicted molar refractivity (Wildman–Crippen MR) is 72.8 cm³/mol. The number of ether oxygens (including phenoxy) is 2. The summed E-state index contributed by atoms with van der Waals surface area (Å²) in [5, 5.41) is 0. The van der Waals surface area contributed by atoms with Crippen LogP contribution in [0.4, 0.5) is 0 Å². The number of methoxy groups -OCH3 is 1. The fourth-order valence-electron chi connectivity index (χ4n) is 2.74. The molecule has 0 aliphatic carbocycles. The summed E-state index contributed by atoms with van der Waals surface area (Å²) in [6.45, 7) is 3.03. The number of hydrogen-bond donors (Lipinski definition) is 0. The van der Waals surface area contributed by atoms with Gasteiger partial charge in [0.25, 0.3) is 5.91 Å². The zero-order valence-electron chi connectivity index (χ0n) is 11.8. The van der Waals surface area contributed by atoms with Crippen LogP contribution < -0.4 is 0 Å². The van der Waals surface area contributed by atoms with E-state index in [1.807, 2.05) is 25.2 Å². The molecular weight excluding hydrogens is 242 g/mol. The Morgan fingerprint density at radius 3 is 2.68 bits per heavy atom. The monoisotopic (exact) mass is 263 g/mol. The first-order valence-corrected chi connectivity index (χ1v) is 6.48. The number of likely N-dealkylation sites (tertiary alicyclic amines) is 1. The Bertz CT molecular complexity index is 434. The third-order valence-corrected chi connectivity index (χ3v) is 3.73. The highest BCUT2D eigenvalue weighted by molar-refractivity contribution is 5.82. The zero-order valence-corrected chi connectivity index (χ0v) is 11.8. The Morgan fingerprint density at radius 2 is 2.05 bits per heavy atom. The minimum atomic E-state index is -0.427. The lowest BCUT2D eigenvalue weighted by molar-refractivity contribution is -0.160. The molecule has 1 aliphatic rings. The molecule has 2 atom stereocenters. The second kappa shape index (κ2) is 5.72. The van der Waals surface area contributed by atoms with Gasteiger partial charge >= 0.3 is 0 Å². The molecule has 1 fully saturated rings. The van der Waals surface area contributed by atoms with Gasteiger partial charge in [-0.15, -0.1) is 0 Å². The van der Waals surface area contributed by atoms with Gasteiger partial charge in [0.2, 0.25) is 0 Å². The highest BCUT2D eigenvalue weighted by Crippen LogP contribution is 2.34.